The lowest BCUT2D eigenvalue weighted by Gasteiger charge is -2.42. The van der Waals surface area contributed by atoms with Gasteiger partial charge in [-0.25, -0.2) is 0 Å². The Hall–Kier alpha value is -1.26. The van der Waals surface area contributed by atoms with Gasteiger partial charge in [0.25, 0.3) is 0 Å². The zero-order chi connectivity index (χ0) is 17.4. The van der Waals surface area contributed by atoms with E-state index in [1.807, 2.05) is 12.1 Å². The summed E-state index contributed by atoms with van der Waals surface area (Å²) in [7, 11) is -6.66. The SMILES string of the molecule is O=P1(c2ccccc2)OCC2(CO1)COP(=O)(c1ccccc1)OC2. The molecular formula is C17H18O6P2. The highest BCUT2D eigenvalue weighted by Crippen LogP contribution is 2.58. The first-order chi connectivity index (χ1) is 12.0. The normalized spacial score (nSPS) is 35.5. The van der Waals surface area contributed by atoms with Gasteiger partial charge in [0.15, 0.2) is 0 Å². The van der Waals surface area contributed by atoms with Crippen LogP contribution in [0.1, 0.15) is 0 Å². The highest BCUT2D eigenvalue weighted by Gasteiger charge is 2.49. The van der Waals surface area contributed by atoms with E-state index < -0.39 is 20.6 Å². The Balaban J connectivity index is 1.45. The molecule has 0 radical (unpaired) electrons. The highest BCUT2D eigenvalue weighted by molar-refractivity contribution is 7.62. The predicted molar refractivity (Wildman–Crippen MR) is 93.6 cm³/mol. The van der Waals surface area contributed by atoms with Crippen LogP contribution < -0.4 is 10.6 Å². The van der Waals surface area contributed by atoms with E-state index in [2.05, 4.69) is 0 Å². The van der Waals surface area contributed by atoms with Crippen molar-refractivity contribution < 1.29 is 27.2 Å². The molecule has 1 spiro atoms. The Bertz CT molecular complexity index is 740. The van der Waals surface area contributed by atoms with Crippen molar-refractivity contribution in [1.29, 1.82) is 0 Å². The summed E-state index contributed by atoms with van der Waals surface area (Å²) in [6.07, 6.45) is 0. The van der Waals surface area contributed by atoms with Gasteiger partial charge in [-0.3, -0.25) is 9.13 Å². The molecule has 0 amide bonds. The van der Waals surface area contributed by atoms with E-state index in [0.29, 0.717) is 10.6 Å². The first-order valence-electron chi connectivity index (χ1n) is 7.93. The summed E-state index contributed by atoms with van der Waals surface area (Å²) in [5.41, 5.74) is -0.606. The molecule has 2 aliphatic rings. The van der Waals surface area contributed by atoms with E-state index in [0.717, 1.165) is 0 Å². The van der Waals surface area contributed by atoms with Crippen LogP contribution in [0.15, 0.2) is 60.7 Å². The smallest absolute Gasteiger partial charge is 0.304 e. The maximum absolute atomic E-state index is 12.8. The summed E-state index contributed by atoms with van der Waals surface area (Å²) >= 11 is 0. The van der Waals surface area contributed by atoms with Gasteiger partial charge in [0.2, 0.25) is 0 Å². The van der Waals surface area contributed by atoms with Crippen LogP contribution in [0.4, 0.5) is 0 Å². The molecule has 2 aliphatic heterocycles. The van der Waals surface area contributed by atoms with Crippen LogP contribution in [-0.4, -0.2) is 26.4 Å². The van der Waals surface area contributed by atoms with Gasteiger partial charge >= 0.3 is 15.2 Å². The van der Waals surface area contributed by atoms with Crippen LogP contribution in [0.5, 0.6) is 0 Å². The first kappa shape index (κ1) is 17.2. The molecule has 0 atom stereocenters. The second-order valence-corrected chi connectivity index (χ2v) is 10.3. The van der Waals surface area contributed by atoms with Crippen molar-refractivity contribution in [3.63, 3.8) is 0 Å². The molecule has 8 heteroatoms. The third-order valence-electron chi connectivity index (χ3n) is 4.31. The standard InChI is InChI=1S/C17H18O6P2/c18-24(15-7-3-1-4-8-15)20-11-17(12-21-24)13-22-25(19,23-14-17)16-9-5-2-6-10-16/h1-10H,11-14H2. The molecule has 0 aromatic heterocycles. The molecule has 2 saturated heterocycles. The van der Waals surface area contributed by atoms with Crippen LogP contribution >= 0.6 is 15.2 Å². The monoisotopic (exact) mass is 380 g/mol. The van der Waals surface area contributed by atoms with Gasteiger partial charge in [-0.1, -0.05) is 36.4 Å². The molecule has 0 N–H and O–H groups in total. The fourth-order valence-corrected chi connectivity index (χ4v) is 6.33. The Morgan fingerprint density at radius 1 is 0.600 bits per heavy atom. The van der Waals surface area contributed by atoms with Gasteiger partial charge in [-0.15, -0.1) is 0 Å². The Kier molecular flexibility index (Phi) is 4.45. The van der Waals surface area contributed by atoms with Crippen molar-refractivity contribution >= 4 is 25.8 Å². The largest absolute Gasteiger partial charge is 0.361 e. The van der Waals surface area contributed by atoms with Crippen molar-refractivity contribution in [3.05, 3.63) is 60.7 Å². The second-order valence-electron chi connectivity index (χ2n) is 6.26. The average molecular weight is 380 g/mol. The highest BCUT2D eigenvalue weighted by atomic mass is 31.2. The summed E-state index contributed by atoms with van der Waals surface area (Å²) in [5.74, 6) is 0. The van der Waals surface area contributed by atoms with E-state index in [-0.39, 0.29) is 26.4 Å². The van der Waals surface area contributed by atoms with E-state index in [1.165, 1.54) is 0 Å². The van der Waals surface area contributed by atoms with Crippen LogP contribution in [0, 0.1) is 5.41 Å². The molecule has 0 saturated carbocycles. The lowest BCUT2D eigenvalue weighted by Crippen LogP contribution is -2.47. The van der Waals surface area contributed by atoms with E-state index in [4.69, 9.17) is 18.1 Å². The summed E-state index contributed by atoms with van der Waals surface area (Å²) in [5, 5.41) is 1.05. The Morgan fingerprint density at radius 2 is 0.920 bits per heavy atom. The zero-order valence-corrected chi connectivity index (χ0v) is 15.2. The average Bonchev–Trinajstić information content (AvgIpc) is 2.68. The Morgan fingerprint density at radius 3 is 1.24 bits per heavy atom. The molecule has 0 unspecified atom stereocenters. The molecule has 0 aliphatic carbocycles. The molecule has 2 aromatic rings. The summed E-state index contributed by atoms with van der Waals surface area (Å²) in [6, 6.07) is 17.7. The molecule has 132 valence electrons. The predicted octanol–water partition coefficient (Wildman–Crippen LogP) is 3.10. The van der Waals surface area contributed by atoms with Crippen molar-refractivity contribution in [2.45, 2.75) is 0 Å². The molecule has 4 rings (SSSR count). The topological polar surface area (TPSA) is 71.1 Å². The van der Waals surface area contributed by atoms with Crippen LogP contribution in [0.3, 0.4) is 0 Å². The maximum atomic E-state index is 12.8. The number of benzene rings is 2. The maximum Gasteiger partial charge on any atom is 0.361 e. The number of hydrogen-bond donors (Lipinski definition) is 0. The molecule has 2 heterocycles. The van der Waals surface area contributed by atoms with Crippen molar-refractivity contribution in [2.24, 2.45) is 5.41 Å². The van der Waals surface area contributed by atoms with E-state index in [9.17, 15) is 9.13 Å². The van der Waals surface area contributed by atoms with Gasteiger partial charge in [0.1, 0.15) is 0 Å². The van der Waals surface area contributed by atoms with E-state index >= 15 is 0 Å². The van der Waals surface area contributed by atoms with Crippen molar-refractivity contribution in [1.82, 2.24) is 0 Å². The molecular weight excluding hydrogens is 362 g/mol. The van der Waals surface area contributed by atoms with Gasteiger partial charge in [-0.05, 0) is 24.3 Å². The fraction of sp³-hybridized carbons (Fsp3) is 0.294. The van der Waals surface area contributed by atoms with Gasteiger partial charge in [-0.2, -0.15) is 0 Å². The minimum Gasteiger partial charge on any atom is -0.304 e. The minimum absolute atomic E-state index is 0.161. The van der Waals surface area contributed by atoms with Crippen molar-refractivity contribution in [3.8, 4) is 0 Å². The van der Waals surface area contributed by atoms with E-state index in [1.54, 1.807) is 48.5 Å². The molecule has 0 bridgehead atoms. The lowest BCUT2D eigenvalue weighted by atomic mass is 9.93. The van der Waals surface area contributed by atoms with Gasteiger partial charge in [0, 0.05) is 0 Å². The Labute approximate surface area is 146 Å². The fourth-order valence-electron chi connectivity index (χ4n) is 2.73. The van der Waals surface area contributed by atoms with Crippen molar-refractivity contribution in [2.75, 3.05) is 26.4 Å². The summed E-state index contributed by atoms with van der Waals surface area (Å²) in [6.45, 7) is 0.643. The third kappa shape index (κ3) is 3.26. The molecule has 2 aromatic carbocycles. The van der Waals surface area contributed by atoms with Gasteiger partial charge < -0.3 is 18.1 Å². The molecule has 6 nitrogen and oxygen atoms in total. The third-order valence-corrected chi connectivity index (χ3v) is 8.04. The number of hydrogen-bond acceptors (Lipinski definition) is 6. The molecule has 25 heavy (non-hydrogen) atoms. The quantitative estimate of drug-likeness (QED) is 0.746. The molecule has 2 fully saturated rings. The first-order valence-corrected chi connectivity index (χ1v) is 11.0. The minimum atomic E-state index is -3.33. The number of rotatable bonds is 2. The summed E-state index contributed by atoms with van der Waals surface area (Å²) < 4.78 is 48.1. The van der Waals surface area contributed by atoms with Gasteiger partial charge in [0.05, 0.1) is 42.5 Å². The lowest BCUT2D eigenvalue weighted by molar-refractivity contribution is -0.0646. The van der Waals surface area contributed by atoms with Crippen LogP contribution in [0.2, 0.25) is 0 Å². The second kappa shape index (κ2) is 6.48. The van der Waals surface area contributed by atoms with Crippen LogP contribution in [0.25, 0.3) is 0 Å². The van der Waals surface area contributed by atoms with Crippen LogP contribution in [-0.2, 0) is 27.2 Å². The zero-order valence-electron chi connectivity index (χ0n) is 13.4. The summed E-state index contributed by atoms with van der Waals surface area (Å²) in [4.78, 5) is 0.